The summed E-state index contributed by atoms with van der Waals surface area (Å²) in [7, 11) is 0. The van der Waals surface area contributed by atoms with Crippen LogP contribution in [0.4, 0.5) is 0 Å². The summed E-state index contributed by atoms with van der Waals surface area (Å²) in [5, 5.41) is 5.21. The first-order valence-corrected chi connectivity index (χ1v) is 14.4. The molecule has 1 heteroatoms. The Morgan fingerprint density at radius 1 is 0.279 bits per heavy atom. The van der Waals surface area contributed by atoms with Gasteiger partial charge in [-0.2, -0.15) is 0 Å². The molecule has 0 nitrogen and oxygen atoms in total. The van der Waals surface area contributed by atoms with Crippen LogP contribution >= 0.6 is 0 Å². The van der Waals surface area contributed by atoms with Crippen molar-refractivity contribution >= 4 is 21.5 Å². The van der Waals surface area contributed by atoms with Crippen LogP contribution in [0.1, 0.15) is 0 Å². The van der Waals surface area contributed by atoms with E-state index in [0.717, 1.165) is 0 Å². The first-order chi connectivity index (χ1) is 20.8. The second-order valence-electron chi connectivity index (χ2n) is 10.6. The number of rotatable bonds is 4. The Bertz CT molecular complexity index is 1860. The van der Waals surface area contributed by atoms with Crippen LogP contribution in [0.5, 0.6) is 0 Å². The van der Waals surface area contributed by atoms with Crippen molar-refractivity contribution in [2.24, 2.45) is 0 Å². The van der Waals surface area contributed by atoms with Gasteiger partial charge in [-0.05, 0) is 22.3 Å². The predicted molar refractivity (Wildman–Crippen MR) is 181 cm³/mol. The first-order valence-electron chi connectivity index (χ1n) is 14.4. The largest absolute Gasteiger partial charge is 0.145 e. The van der Waals surface area contributed by atoms with E-state index < -0.39 is 0 Å². The molecule has 0 saturated heterocycles. The Kier molecular flexibility index (Phi) is 8.72. The average molecular weight is 713 g/mol. The summed E-state index contributed by atoms with van der Waals surface area (Å²) < 4.78 is 0. The maximum Gasteiger partial charge on any atom is 0 e. The third kappa shape index (κ3) is 6.43. The van der Waals surface area contributed by atoms with Crippen molar-refractivity contribution in [3.8, 4) is 44.5 Å². The molecule has 0 spiro atoms. The van der Waals surface area contributed by atoms with Gasteiger partial charge < -0.3 is 0 Å². The summed E-state index contributed by atoms with van der Waals surface area (Å²) >= 11 is 0. The summed E-state index contributed by atoms with van der Waals surface area (Å²) in [6.07, 6.45) is 0. The average Bonchev–Trinajstić information content (AvgIpc) is 3.71. The van der Waals surface area contributed by atoms with E-state index >= 15 is 0 Å². The third-order valence-electron chi connectivity index (χ3n) is 7.84. The van der Waals surface area contributed by atoms with Crippen LogP contribution in [-0.4, -0.2) is 0 Å². The fourth-order valence-electron chi connectivity index (χ4n) is 5.65. The molecule has 0 aliphatic carbocycles. The fourth-order valence-corrected chi connectivity index (χ4v) is 5.65. The van der Waals surface area contributed by atoms with E-state index in [1.165, 1.54) is 66.1 Å². The summed E-state index contributed by atoms with van der Waals surface area (Å²) in [5.74, 6) is 0. The molecule has 0 bridgehead atoms. The molecular formula is C42H30Hf-2. The predicted octanol–water partition coefficient (Wildman–Crippen LogP) is 11.8. The van der Waals surface area contributed by atoms with Gasteiger partial charge in [0.15, 0.2) is 0 Å². The third-order valence-corrected chi connectivity index (χ3v) is 7.84. The smallest absolute Gasteiger partial charge is 0 e. The van der Waals surface area contributed by atoms with Crippen molar-refractivity contribution < 1.29 is 25.8 Å². The molecular weight excluding hydrogens is 683 g/mol. The van der Waals surface area contributed by atoms with Crippen molar-refractivity contribution in [1.29, 1.82) is 0 Å². The molecule has 0 aliphatic heterocycles. The van der Waals surface area contributed by atoms with Gasteiger partial charge in [-0.1, -0.05) is 157 Å². The molecule has 0 heterocycles. The monoisotopic (exact) mass is 714 g/mol. The van der Waals surface area contributed by atoms with Crippen LogP contribution in [0.25, 0.3) is 66.1 Å². The van der Waals surface area contributed by atoms with Crippen LogP contribution in [-0.2, 0) is 25.8 Å². The van der Waals surface area contributed by atoms with E-state index in [-0.39, 0.29) is 25.8 Å². The van der Waals surface area contributed by atoms with Gasteiger partial charge >= 0.3 is 0 Å². The van der Waals surface area contributed by atoms with E-state index in [4.69, 9.17) is 0 Å². The molecule has 8 rings (SSSR count). The zero-order valence-corrected chi connectivity index (χ0v) is 27.4. The van der Waals surface area contributed by atoms with E-state index in [0.29, 0.717) is 0 Å². The van der Waals surface area contributed by atoms with Crippen LogP contribution in [0, 0.1) is 0 Å². The molecule has 43 heavy (non-hydrogen) atoms. The Balaban J connectivity index is 0.000000150. The fraction of sp³-hybridized carbons (Fsp3) is 0. The van der Waals surface area contributed by atoms with Gasteiger partial charge in [-0.15, -0.1) is 69.1 Å². The van der Waals surface area contributed by atoms with Crippen molar-refractivity contribution in [1.82, 2.24) is 0 Å². The van der Waals surface area contributed by atoms with Crippen LogP contribution in [0.2, 0.25) is 0 Å². The topological polar surface area (TPSA) is 0 Å². The zero-order chi connectivity index (χ0) is 28.1. The van der Waals surface area contributed by atoms with Gasteiger partial charge in [0, 0.05) is 25.8 Å². The summed E-state index contributed by atoms with van der Waals surface area (Å²) in [6, 6.07) is 64.6. The molecule has 0 saturated carbocycles. The van der Waals surface area contributed by atoms with Gasteiger partial charge in [-0.3, -0.25) is 0 Å². The molecule has 8 aromatic rings. The van der Waals surface area contributed by atoms with Crippen molar-refractivity contribution in [3.05, 3.63) is 182 Å². The van der Waals surface area contributed by atoms with E-state index in [1.54, 1.807) is 0 Å². The molecule has 0 unspecified atom stereocenters. The number of hydrogen-bond donors (Lipinski definition) is 0. The van der Waals surface area contributed by atoms with Gasteiger partial charge in [0.25, 0.3) is 0 Å². The second-order valence-corrected chi connectivity index (χ2v) is 10.6. The van der Waals surface area contributed by atoms with Crippen molar-refractivity contribution in [2.45, 2.75) is 0 Å². The summed E-state index contributed by atoms with van der Waals surface area (Å²) in [4.78, 5) is 0. The Morgan fingerprint density at radius 3 is 1.05 bits per heavy atom. The van der Waals surface area contributed by atoms with Crippen molar-refractivity contribution in [3.63, 3.8) is 0 Å². The minimum absolute atomic E-state index is 0. The van der Waals surface area contributed by atoms with Crippen LogP contribution in [0.15, 0.2) is 182 Å². The summed E-state index contributed by atoms with van der Waals surface area (Å²) in [6.45, 7) is 0. The molecule has 0 aromatic heterocycles. The molecule has 0 radical (unpaired) electrons. The molecule has 204 valence electrons. The maximum atomic E-state index is 2.27. The second kappa shape index (κ2) is 13.2. The molecule has 0 amide bonds. The Hall–Kier alpha value is -4.59. The SMILES string of the molecule is [Hf].c1ccc(-c2cccc(-c3cc4ccccc4[cH-]3)c2)cc1.c1ccc(-c2cccc(-c3cc4ccccc4[cH-]3)c2)cc1. The van der Waals surface area contributed by atoms with Gasteiger partial charge in [0.1, 0.15) is 0 Å². The minimum Gasteiger partial charge on any atom is -0.145 e. The van der Waals surface area contributed by atoms with E-state index in [9.17, 15) is 0 Å². The number of benzene rings is 6. The zero-order valence-electron chi connectivity index (χ0n) is 23.8. The van der Waals surface area contributed by atoms with Gasteiger partial charge in [-0.25, -0.2) is 0 Å². The summed E-state index contributed by atoms with van der Waals surface area (Å²) in [5.41, 5.74) is 10.2. The molecule has 0 aliphatic rings. The van der Waals surface area contributed by atoms with Crippen LogP contribution in [0.3, 0.4) is 0 Å². The Labute approximate surface area is 272 Å². The van der Waals surface area contributed by atoms with Crippen molar-refractivity contribution in [2.75, 3.05) is 0 Å². The molecule has 0 atom stereocenters. The quantitative estimate of drug-likeness (QED) is 0.126. The number of fused-ring (bicyclic) bond motifs is 2. The van der Waals surface area contributed by atoms with Crippen LogP contribution < -0.4 is 0 Å². The standard InChI is InChI=1S/2C21H15.Hf/c2*1-2-7-16(8-3-1)17-11-6-12-20(13-17)21-14-18-9-4-5-10-19(18)15-21;/h2*1-15H;/q2*-1;. The first kappa shape index (κ1) is 28.5. The number of hydrogen-bond acceptors (Lipinski definition) is 0. The van der Waals surface area contributed by atoms with E-state index in [1.807, 2.05) is 0 Å². The minimum atomic E-state index is 0. The maximum absolute atomic E-state index is 2.27. The molecule has 8 aromatic carbocycles. The molecule has 0 N–H and O–H groups in total. The van der Waals surface area contributed by atoms with Gasteiger partial charge in [0.05, 0.1) is 0 Å². The van der Waals surface area contributed by atoms with E-state index in [2.05, 4.69) is 182 Å². The van der Waals surface area contributed by atoms with Gasteiger partial charge in [0.2, 0.25) is 0 Å². The Morgan fingerprint density at radius 2 is 0.628 bits per heavy atom. The normalized spacial score (nSPS) is 10.6. The molecule has 0 fully saturated rings.